The summed E-state index contributed by atoms with van der Waals surface area (Å²) in [7, 11) is 0. The Bertz CT molecular complexity index is 831. The van der Waals surface area contributed by atoms with E-state index in [1.54, 1.807) is 0 Å². The van der Waals surface area contributed by atoms with Gasteiger partial charge in [0.1, 0.15) is 24.4 Å². The maximum atomic E-state index is 13.0. The number of hydrogen-bond donors (Lipinski definition) is 1. The van der Waals surface area contributed by atoms with Crippen LogP contribution in [0.25, 0.3) is 11.5 Å². The number of hydrogen-bond acceptors (Lipinski definition) is 5. The van der Waals surface area contributed by atoms with E-state index >= 15 is 0 Å². The third-order valence-electron chi connectivity index (χ3n) is 3.16. The Morgan fingerprint density at radius 3 is 2.74 bits per heavy atom. The lowest BCUT2D eigenvalue weighted by Crippen LogP contribution is -2.08. The zero-order valence-electron chi connectivity index (χ0n) is 12.0. The van der Waals surface area contributed by atoms with E-state index in [-0.39, 0.29) is 17.9 Å². The van der Waals surface area contributed by atoms with Gasteiger partial charge in [0.2, 0.25) is 5.89 Å². The number of aromatic nitrogens is 1. The molecule has 0 aliphatic carbocycles. The zero-order chi connectivity index (χ0) is 16.2. The van der Waals surface area contributed by atoms with Crippen molar-refractivity contribution in [2.45, 2.75) is 6.61 Å². The zero-order valence-corrected chi connectivity index (χ0v) is 12.0. The maximum absolute atomic E-state index is 13.0. The molecular weight excluding hydrogens is 299 g/mol. The van der Waals surface area contributed by atoms with Crippen LogP contribution in [0, 0.1) is 5.82 Å². The lowest BCUT2D eigenvalue weighted by molar-refractivity contribution is 0.0469. The van der Waals surface area contributed by atoms with Crippen LogP contribution in [-0.2, 0) is 11.3 Å². The van der Waals surface area contributed by atoms with Crippen LogP contribution in [-0.4, -0.2) is 11.0 Å². The minimum absolute atomic E-state index is 0.0279. The van der Waals surface area contributed by atoms with Gasteiger partial charge in [0.25, 0.3) is 0 Å². The number of benzene rings is 2. The van der Waals surface area contributed by atoms with E-state index in [0.717, 1.165) is 17.7 Å². The largest absolute Gasteiger partial charge is 0.455 e. The molecule has 0 saturated carbocycles. The van der Waals surface area contributed by atoms with Crippen LogP contribution in [0.5, 0.6) is 0 Å². The van der Waals surface area contributed by atoms with Gasteiger partial charge in [-0.05, 0) is 30.3 Å². The molecule has 0 fully saturated rings. The molecule has 6 heteroatoms. The van der Waals surface area contributed by atoms with Crippen LogP contribution >= 0.6 is 0 Å². The highest BCUT2D eigenvalue weighted by molar-refractivity contribution is 5.94. The second kappa shape index (κ2) is 6.31. The van der Waals surface area contributed by atoms with Crippen molar-refractivity contribution in [2.75, 3.05) is 5.73 Å². The van der Waals surface area contributed by atoms with Crippen molar-refractivity contribution in [3.63, 3.8) is 0 Å². The third kappa shape index (κ3) is 3.37. The molecule has 23 heavy (non-hydrogen) atoms. The molecule has 0 bridgehead atoms. The average Bonchev–Trinajstić information content (AvgIpc) is 3.02. The Hall–Kier alpha value is -3.15. The minimum Gasteiger partial charge on any atom is -0.455 e. The first-order valence-corrected chi connectivity index (χ1v) is 6.85. The first-order chi connectivity index (χ1) is 11.1. The molecule has 3 rings (SSSR count). The van der Waals surface area contributed by atoms with Crippen molar-refractivity contribution in [1.82, 2.24) is 4.98 Å². The monoisotopic (exact) mass is 312 g/mol. The SMILES string of the molecule is Nc1cc(F)ccc1C(=O)OCc1coc(-c2ccccc2)n1. The molecule has 1 aromatic heterocycles. The summed E-state index contributed by atoms with van der Waals surface area (Å²) < 4.78 is 23.4. The quantitative estimate of drug-likeness (QED) is 0.590. The van der Waals surface area contributed by atoms with Gasteiger partial charge in [-0.2, -0.15) is 0 Å². The van der Waals surface area contributed by atoms with Crippen LogP contribution < -0.4 is 5.73 Å². The Balaban J connectivity index is 1.67. The number of carbonyl (C=O) groups is 1. The Labute approximate surface area is 131 Å². The van der Waals surface area contributed by atoms with E-state index in [1.165, 1.54) is 12.3 Å². The molecule has 0 aliphatic rings. The Morgan fingerprint density at radius 2 is 2.00 bits per heavy atom. The van der Waals surface area contributed by atoms with Crippen molar-refractivity contribution in [3.8, 4) is 11.5 Å². The molecule has 0 aliphatic heterocycles. The average molecular weight is 312 g/mol. The minimum atomic E-state index is -0.647. The summed E-state index contributed by atoms with van der Waals surface area (Å²) in [6.07, 6.45) is 1.42. The van der Waals surface area contributed by atoms with E-state index in [0.29, 0.717) is 11.6 Å². The number of nitrogen functional groups attached to an aromatic ring is 1. The molecule has 1 heterocycles. The highest BCUT2D eigenvalue weighted by Crippen LogP contribution is 2.19. The first kappa shape index (κ1) is 14.8. The number of esters is 1. The van der Waals surface area contributed by atoms with Gasteiger partial charge in [0.15, 0.2) is 0 Å². The molecule has 0 saturated heterocycles. The normalized spacial score (nSPS) is 10.5. The van der Waals surface area contributed by atoms with Gasteiger partial charge >= 0.3 is 5.97 Å². The summed E-state index contributed by atoms with van der Waals surface area (Å²) >= 11 is 0. The Kier molecular flexibility index (Phi) is 4.05. The number of oxazole rings is 1. The predicted octanol–water partition coefficient (Wildman–Crippen LogP) is 3.42. The number of rotatable bonds is 4. The lowest BCUT2D eigenvalue weighted by atomic mass is 10.2. The number of halogens is 1. The molecule has 2 aromatic carbocycles. The number of nitrogens with two attached hydrogens (primary N) is 1. The fourth-order valence-electron chi connectivity index (χ4n) is 2.02. The predicted molar refractivity (Wildman–Crippen MR) is 81.9 cm³/mol. The fourth-order valence-corrected chi connectivity index (χ4v) is 2.02. The summed E-state index contributed by atoms with van der Waals surface area (Å²) in [6.45, 7) is -0.0635. The van der Waals surface area contributed by atoms with Crippen LogP contribution in [0.1, 0.15) is 16.1 Å². The molecule has 3 aromatic rings. The van der Waals surface area contributed by atoms with Crippen LogP contribution in [0.15, 0.2) is 59.2 Å². The van der Waals surface area contributed by atoms with E-state index in [9.17, 15) is 9.18 Å². The van der Waals surface area contributed by atoms with E-state index in [4.69, 9.17) is 14.9 Å². The van der Waals surface area contributed by atoms with Crippen molar-refractivity contribution >= 4 is 11.7 Å². The number of ether oxygens (including phenoxy) is 1. The van der Waals surface area contributed by atoms with Gasteiger partial charge < -0.3 is 14.9 Å². The van der Waals surface area contributed by atoms with E-state index in [2.05, 4.69) is 4.98 Å². The van der Waals surface area contributed by atoms with E-state index < -0.39 is 11.8 Å². The van der Waals surface area contributed by atoms with Crippen molar-refractivity contribution < 1.29 is 18.3 Å². The lowest BCUT2D eigenvalue weighted by Gasteiger charge is -2.05. The third-order valence-corrected chi connectivity index (χ3v) is 3.16. The number of nitrogens with zero attached hydrogens (tertiary/aromatic N) is 1. The molecule has 0 radical (unpaired) electrons. The van der Waals surface area contributed by atoms with Crippen molar-refractivity contribution in [1.29, 1.82) is 0 Å². The molecular formula is C17H13FN2O3. The molecule has 116 valence electrons. The Morgan fingerprint density at radius 1 is 1.22 bits per heavy atom. The van der Waals surface area contributed by atoms with Gasteiger partial charge in [-0.1, -0.05) is 18.2 Å². The van der Waals surface area contributed by atoms with Gasteiger partial charge in [-0.15, -0.1) is 0 Å². The highest BCUT2D eigenvalue weighted by atomic mass is 19.1. The highest BCUT2D eigenvalue weighted by Gasteiger charge is 2.13. The molecule has 5 nitrogen and oxygen atoms in total. The second-order valence-corrected chi connectivity index (χ2v) is 4.82. The van der Waals surface area contributed by atoms with Crippen LogP contribution in [0.2, 0.25) is 0 Å². The summed E-state index contributed by atoms with van der Waals surface area (Å²) in [5.74, 6) is -0.715. The first-order valence-electron chi connectivity index (χ1n) is 6.85. The maximum Gasteiger partial charge on any atom is 0.340 e. The summed E-state index contributed by atoms with van der Waals surface area (Å²) in [5, 5.41) is 0. The molecule has 2 N–H and O–H groups in total. The summed E-state index contributed by atoms with van der Waals surface area (Å²) in [6, 6.07) is 12.9. The van der Waals surface area contributed by atoms with Crippen LogP contribution in [0.4, 0.5) is 10.1 Å². The van der Waals surface area contributed by atoms with Gasteiger partial charge in [0, 0.05) is 11.3 Å². The number of anilines is 1. The standard InChI is InChI=1S/C17H13FN2O3/c18-12-6-7-14(15(19)8-12)17(21)23-10-13-9-22-16(20-13)11-4-2-1-3-5-11/h1-9H,10,19H2. The van der Waals surface area contributed by atoms with E-state index in [1.807, 2.05) is 30.3 Å². The van der Waals surface area contributed by atoms with Crippen molar-refractivity contribution in [2.24, 2.45) is 0 Å². The van der Waals surface area contributed by atoms with Gasteiger partial charge in [-0.3, -0.25) is 0 Å². The molecule has 0 atom stereocenters. The van der Waals surface area contributed by atoms with Gasteiger partial charge in [-0.25, -0.2) is 14.2 Å². The van der Waals surface area contributed by atoms with Crippen molar-refractivity contribution in [3.05, 3.63) is 71.9 Å². The van der Waals surface area contributed by atoms with Gasteiger partial charge in [0.05, 0.1) is 5.56 Å². The smallest absolute Gasteiger partial charge is 0.340 e. The summed E-state index contributed by atoms with van der Waals surface area (Å²) in [5.41, 5.74) is 7.03. The molecule has 0 spiro atoms. The molecule has 0 unspecified atom stereocenters. The molecule has 0 amide bonds. The second-order valence-electron chi connectivity index (χ2n) is 4.82. The number of carbonyl (C=O) groups excluding carboxylic acids is 1. The van der Waals surface area contributed by atoms with Crippen LogP contribution in [0.3, 0.4) is 0 Å². The topological polar surface area (TPSA) is 78.4 Å². The summed E-state index contributed by atoms with van der Waals surface area (Å²) in [4.78, 5) is 16.2. The fraction of sp³-hybridized carbons (Fsp3) is 0.0588.